The zero-order valence-electron chi connectivity index (χ0n) is 14.1. The normalized spacial score (nSPS) is 33.3. The molecule has 3 atom stereocenters. The molecule has 1 aromatic carbocycles. The van der Waals surface area contributed by atoms with Gasteiger partial charge >= 0.3 is 0 Å². The molecule has 6 rings (SSSR count). The van der Waals surface area contributed by atoms with Crippen LogP contribution in [0.15, 0.2) is 29.1 Å². The van der Waals surface area contributed by atoms with Crippen LogP contribution in [0.3, 0.4) is 0 Å². The number of nitrogens with zero attached hydrogens (tertiary/aromatic N) is 1. The van der Waals surface area contributed by atoms with Crippen LogP contribution >= 0.6 is 0 Å². The average molecular weight is 309 g/mol. The Labute approximate surface area is 136 Å². The van der Waals surface area contributed by atoms with Crippen LogP contribution in [-0.4, -0.2) is 10.2 Å². The summed E-state index contributed by atoms with van der Waals surface area (Å²) >= 11 is 0. The maximum atomic E-state index is 12.9. The molecule has 0 N–H and O–H groups in total. The summed E-state index contributed by atoms with van der Waals surface area (Å²) < 4.78 is 8.44. The summed E-state index contributed by atoms with van der Waals surface area (Å²) in [4.78, 5) is 12.9. The molecule has 0 radical (unpaired) electrons. The smallest absolute Gasteiger partial charge is 0.257 e. The summed E-state index contributed by atoms with van der Waals surface area (Å²) in [5.41, 5.74) is 2.19. The van der Waals surface area contributed by atoms with E-state index in [4.69, 9.17) is 4.74 Å². The van der Waals surface area contributed by atoms with E-state index >= 15 is 0 Å². The monoisotopic (exact) mass is 309 g/mol. The van der Waals surface area contributed by atoms with Gasteiger partial charge in [0.2, 0.25) is 0 Å². The van der Waals surface area contributed by atoms with Crippen molar-refractivity contribution in [2.24, 2.45) is 24.3 Å². The minimum absolute atomic E-state index is 0.120. The Kier molecular flexibility index (Phi) is 2.38. The SMILES string of the molecule is Cn1c(=O)c2c(c3ccccc31)OC1(CCC3CC1C3(C)C)C2. The number of rotatable bonds is 0. The summed E-state index contributed by atoms with van der Waals surface area (Å²) in [5, 5.41) is 1.08. The summed E-state index contributed by atoms with van der Waals surface area (Å²) in [6.07, 6.45) is 4.38. The van der Waals surface area contributed by atoms with Gasteiger partial charge in [0, 0.05) is 24.8 Å². The highest BCUT2D eigenvalue weighted by molar-refractivity contribution is 5.87. The number of hydrogen-bond acceptors (Lipinski definition) is 2. The van der Waals surface area contributed by atoms with E-state index in [0.717, 1.165) is 41.0 Å². The molecule has 3 nitrogen and oxygen atoms in total. The summed E-state index contributed by atoms with van der Waals surface area (Å²) in [6.45, 7) is 4.77. The fourth-order valence-electron chi connectivity index (χ4n) is 5.67. The second-order valence-corrected chi connectivity index (χ2v) is 8.38. The van der Waals surface area contributed by atoms with Crippen molar-refractivity contribution in [1.82, 2.24) is 4.57 Å². The zero-order valence-corrected chi connectivity index (χ0v) is 14.1. The standard InChI is InChI=1S/C20H23NO2/c1-19(2)12-8-9-20(16(19)10-12)11-14-17(23-20)13-6-4-5-7-15(13)21(3)18(14)22/h4-7,12,16H,8-11H2,1-3H3. The summed E-state index contributed by atoms with van der Waals surface area (Å²) in [5.74, 6) is 2.28. The molecule has 3 aliphatic carbocycles. The molecule has 2 aromatic rings. The number of fused-ring (bicyclic) bond motifs is 4. The van der Waals surface area contributed by atoms with E-state index in [-0.39, 0.29) is 11.2 Å². The largest absolute Gasteiger partial charge is 0.485 e. The molecule has 2 heterocycles. The van der Waals surface area contributed by atoms with Crippen LogP contribution in [0.2, 0.25) is 0 Å². The minimum Gasteiger partial charge on any atom is -0.485 e. The van der Waals surface area contributed by atoms with Gasteiger partial charge in [-0.3, -0.25) is 4.79 Å². The predicted octanol–water partition coefficient (Wildman–Crippen LogP) is 3.67. The molecular weight excluding hydrogens is 286 g/mol. The summed E-state index contributed by atoms with van der Waals surface area (Å²) in [6, 6.07) is 8.12. The van der Waals surface area contributed by atoms with Crippen molar-refractivity contribution in [1.29, 1.82) is 0 Å². The minimum atomic E-state index is -0.142. The lowest BCUT2D eigenvalue weighted by molar-refractivity contribution is -0.180. The zero-order chi connectivity index (χ0) is 16.0. The maximum Gasteiger partial charge on any atom is 0.257 e. The molecule has 1 spiro atoms. The van der Waals surface area contributed by atoms with Crippen LogP contribution in [0.5, 0.6) is 5.75 Å². The van der Waals surface area contributed by atoms with Crippen molar-refractivity contribution >= 4 is 10.9 Å². The first-order chi connectivity index (χ1) is 10.9. The lowest BCUT2D eigenvalue weighted by atomic mass is 9.43. The molecule has 4 aliphatic rings. The Morgan fingerprint density at radius 3 is 2.78 bits per heavy atom. The highest BCUT2D eigenvalue weighted by atomic mass is 16.5. The Hall–Kier alpha value is -1.77. The van der Waals surface area contributed by atoms with Crippen LogP contribution in [0, 0.1) is 17.3 Å². The molecule has 3 saturated carbocycles. The van der Waals surface area contributed by atoms with E-state index in [0.29, 0.717) is 11.3 Å². The topological polar surface area (TPSA) is 31.2 Å². The molecule has 3 fully saturated rings. The molecule has 120 valence electrons. The van der Waals surface area contributed by atoms with Crippen molar-refractivity contribution in [3.63, 3.8) is 0 Å². The number of ether oxygens (including phenoxy) is 1. The number of benzene rings is 1. The predicted molar refractivity (Wildman–Crippen MR) is 90.9 cm³/mol. The van der Waals surface area contributed by atoms with Gasteiger partial charge in [-0.2, -0.15) is 0 Å². The van der Waals surface area contributed by atoms with Gasteiger partial charge in [-0.25, -0.2) is 0 Å². The van der Waals surface area contributed by atoms with Gasteiger partial charge < -0.3 is 9.30 Å². The lowest BCUT2D eigenvalue weighted by Crippen LogP contribution is -2.63. The lowest BCUT2D eigenvalue weighted by Gasteiger charge is -2.63. The quantitative estimate of drug-likeness (QED) is 0.743. The fourth-order valence-corrected chi connectivity index (χ4v) is 5.67. The van der Waals surface area contributed by atoms with Crippen LogP contribution < -0.4 is 10.3 Å². The molecule has 3 unspecified atom stereocenters. The van der Waals surface area contributed by atoms with E-state index in [2.05, 4.69) is 19.9 Å². The molecule has 1 aromatic heterocycles. The van der Waals surface area contributed by atoms with Crippen molar-refractivity contribution in [2.75, 3.05) is 0 Å². The van der Waals surface area contributed by atoms with Crippen molar-refractivity contribution in [2.45, 2.75) is 45.1 Å². The van der Waals surface area contributed by atoms with Crippen LogP contribution in [0.25, 0.3) is 10.9 Å². The highest BCUT2D eigenvalue weighted by Gasteiger charge is 2.64. The van der Waals surface area contributed by atoms with Crippen molar-refractivity contribution in [3.8, 4) is 5.75 Å². The molecule has 1 aliphatic heterocycles. The number of para-hydroxylation sites is 1. The number of pyridine rings is 1. The molecule has 23 heavy (non-hydrogen) atoms. The van der Waals surface area contributed by atoms with E-state index in [1.807, 2.05) is 25.2 Å². The second kappa shape index (κ2) is 4.00. The van der Waals surface area contributed by atoms with Gasteiger partial charge in [0.25, 0.3) is 5.56 Å². The van der Waals surface area contributed by atoms with Gasteiger partial charge in [-0.15, -0.1) is 0 Å². The molecule has 2 bridgehead atoms. The van der Waals surface area contributed by atoms with Gasteiger partial charge in [0.15, 0.2) is 0 Å². The third kappa shape index (κ3) is 1.49. The van der Waals surface area contributed by atoms with E-state index in [9.17, 15) is 4.79 Å². The number of hydrogen-bond donors (Lipinski definition) is 0. The first kappa shape index (κ1) is 13.6. The van der Waals surface area contributed by atoms with Crippen LogP contribution in [0.4, 0.5) is 0 Å². The summed E-state index contributed by atoms with van der Waals surface area (Å²) in [7, 11) is 1.88. The fraction of sp³-hybridized carbons (Fsp3) is 0.550. The first-order valence-electron chi connectivity index (χ1n) is 8.74. The third-order valence-corrected chi connectivity index (χ3v) is 7.15. The number of aromatic nitrogens is 1. The van der Waals surface area contributed by atoms with Gasteiger partial charge in [-0.1, -0.05) is 26.0 Å². The Morgan fingerprint density at radius 1 is 1.26 bits per heavy atom. The van der Waals surface area contributed by atoms with Gasteiger partial charge in [-0.05, 0) is 42.7 Å². The van der Waals surface area contributed by atoms with E-state index in [1.165, 1.54) is 12.8 Å². The van der Waals surface area contributed by atoms with Gasteiger partial charge in [0.1, 0.15) is 11.4 Å². The Morgan fingerprint density at radius 2 is 2.04 bits per heavy atom. The van der Waals surface area contributed by atoms with E-state index < -0.39 is 0 Å². The van der Waals surface area contributed by atoms with Crippen LogP contribution in [0.1, 0.15) is 38.7 Å². The molecule has 0 saturated heterocycles. The average Bonchev–Trinajstić information content (AvgIpc) is 2.91. The highest BCUT2D eigenvalue weighted by Crippen LogP contribution is 2.65. The van der Waals surface area contributed by atoms with Gasteiger partial charge in [0.05, 0.1) is 11.1 Å². The number of aryl methyl sites for hydroxylation is 1. The first-order valence-corrected chi connectivity index (χ1v) is 8.74. The molecule has 0 amide bonds. The van der Waals surface area contributed by atoms with Crippen molar-refractivity contribution in [3.05, 3.63) is 40.2 Å². The maximum absolute atomic E-state index is 12.9. The van der Waals surface area contributed by atoms with Crippen molar-refractivity contribution < 1.29 is 4.74 Å². The molecular formula is C20H23NO2. The Bertz CT molecular complexity index is 892. The third-order valence-electron chi connectivity index (χ3n) is 7.15. The Balaban J connectivity index is 1.71. The van der Waals surface area contributed by atoms with Crippen LogP contribution in [-0.2, 0) is 13.5 Å². The van der Waals surface area contributed by atoms with E-state index in [1.54, 1.807) is 4.57 Å². The molecule has 3 heteroatoms. The second-order valence-electron chi connectivity index (χ2n) is 8.38.